The van der Waals surface area contributed by atoms with Crippen LogP contribution < -0.4 is 19.6 Å². The normalized spacial score (nSPS) is 13.3. The summed E-state index contributed by atoms with van der Waals surface area (Å²) < 4.78 is 0. The average Bonchev–Trinajstić information content (AvgIpc) is 3.38. The largest absolute Gasteiger partial charge is 0.314 e. The Hall–Kier alpha value is -8.08. The standard InChI is InChI=1S/C60H50N4/c1-7-19-49(20-8-1)61(50-21-9-2-10-22-50)57-39-43-59(44-40-57)63(53-27-15-5-16-28-53)55-35-31-47(32-36-55)48-33-37-56(38-34-48)64(54-29-17-6-18-30-54)60-45-41-58(42-46-60)62(51-23-11-3-12-24-51)52-25-13-4-14-26-52/h1-17,19-29,31-39,41-43,45-46H,18,30,40,44H2. The van der Waals surface area contributed by atoms with E-state index < -0.39 is 0 Å². The van der Waals surface area contributed by atoms with Gasteiger partial charge in [-0.05, 0) is 164 Å². The second-order valence-corrected chi connectivity index (χ2v) is 16.1. The fourth-order valence-corrected chi connectivity index (χ4v) is 8.90. The molecule has 10 rings (SSSR count). The van der Waals surface area contributed by atoms with Crippen LogP contribution in [0.25, 0.3) is 11.1 Å². The predicted molar refractivity (Wildman–Crippen MR) is 271 cm³/mol. The van der Waals surface area contributed by atoms with E-state index in [0.717, 1.165) is 65.5 Å². The molecule has 2 aliphatic carbocycles. The molecule has 0 N–H and O–H groups in total. The van der Waals surface area contributed by atoms with Gasteiger partial charge in [0.15, 0.2) is 0 Å². The van der Waals surface area contributed by atoms with Gasteiger partial charge in [0.1, 0.15) is 0 Å². The van der Waals surface area contributed by atoms with E-state index in [1.807, 2.05) is 0 Å². The molecule has 0 aromatic heterocycles. The van der Waals surface area contributed by atoms with E-state index in [0.29, 0.717) is 0 Å². The Balaban J connectivity index is 0.925. The number of rotatable bonds is 13. The molecular weight excluding hydrogens is 777 g/mol. The zero-order chi connectivity index (χ0) is 42.9. The summed E-state index contributed by atoms with van der Waals surface area (Å²) in [6, 6.07) is 80.3. The van der Waals surface area contributed by atoms with Crippen molar-refractivity contribution in [3.8, 4) is 11.1 Å². The molecule has 0 unspecified atom stereocenters. The number of anilines is 9. The minimum Gasteiger partial charge on any atom is -0.314 e. The fraction of sp³-hybridized carbons (Fsp3) is 0.0667. The lowest BCUT2D eigenvalue weighted by molar-refractivity contribution is 0.851. The van der Waals surface area contributed by atoms with Crippen molar-refractivity contribution in [1.82, 2.24) is 0 Å². The lowest BCUT2D eigenvalue weighted by Gasteiger charge is -2.33. The molecule has 4 heteroatoms. The van der Waals surface area contributed by atoms with Crippen molar-refractivity contribution in [2.75, 3.05) is 19.6 Å². The summed E-state index contributed by atoms with van der Waals surface area (Å²) in [6.45, 7) is 0. The zero-order valence-electron chi connectivity index (χ0n) is 35.9. The molecule has 8 aromatic rings. The number of allylic oxidation sites excluding steroid dienone is 8. The highest BCUT2D eigenvalue weighted by molar-refractivity contribution is 5.80. The number of nitrogens with zero attached hydrogens (tertiary/aromatic N) is 4. The third kappa shape index (κ3) is 8.68. The maximum absolute atomic E-state index is 2.41. The zero-order valence-corrected chi connectivity index (χ0v) is 35.9. The van der Waals surface area contributed by atoms with Gasteiger partial charge in [-0.15, -0.1) is 0 Å². The van der Waals surface area contributed by atoms with Crippen LogP contribution in [0.2, 0.25) is 0 Å². The lowest BCUT2D eigenvalue weighted by atomic mass is 10.0. The van der Waals surface area contributed by atoms with E-state index in [-0.39, 0.29) is 0 Å². The molecule has 0 saturated heterocycles. The molecule has 4 nitrogen and oxygen atoms in total. The molecule has 0 radical (unpaired) electrons. The first-order chi connectivity index (χ1) is 31.8. The van der Waals surface area contributed by atoms with Gasteiger partial charge in [0.2, 0.25) is 0 Å². The number of para-hydroxylation sites is 5. The van der Waals surface area contributed by atoms with Crippen LogP contribution in [-0.2, 0) is 0 Å². The Morgan fingerprint density at radius 2 is 0.500 bits per heavy atom. The fourth-order valence-electron chi connectivity index (χ4n) is 8.90. The molecular formula is C60H50N4. The molecule has 0 atom stereocenters. The van der Waals surface area contributed by atoms with Crippen molar-refractivity contribution in [3.05, 3.63) is 272 Å². The molecule has 64 heavy (non-hydrogen) atoms. The molecule has 0 bridgehead atoms. The summed E-state index contributed by atoms with van der Waals surface area (Å²) in [5.74, 6) is 0. The van der Waals surface area contributed by atoms with E-state index in [1.54, 1.807) is 0 Å². The Morgan fingerprint density at radius 3 is 0.797 bits per heavy atom. The second-order valence-electron chi connectivity index (χ2n) is 16.1. The van der Waals surface area contributed by atoms with Gasteiger partial charge in [0.25, 0.3) is 0 Å². The Labute approximate surface area is 377 Å². The van der Waals surface area contributed by atoms with Crippen LogP contribution in [0, 0.1) is 0 Å². The van der Waals surface area contributed by atoms with Crippen LogP contribution in [0.1, 0.15) is 25.7 Å². The van der Waals surface area contributed by atoms with Crippen LogP contribution in [0.5, 0.6) is 0 Å². The van der Waals surface area contributed by atoms with Crippen LogP contribution in [0.4, 0.5) is 51.2 Å². The Morgan fingerprint density at radius 1 is 0.234 bits per heavy atom. The van der Waals surface area contributed by atoms with E-state index in [1.165, 1.54) is 39.6 Å². The topological polar surface area (TPSA) is 13.0 Å². The maximum Gasteiger partial charge on any atom is 0.0463 e. The summed E-state index contributed by atoms with van der Waals surface area (Å²) in [6.07, 6.45) is 15.1. The summed E-state index contributed by atoms with van der Waals surface area (Å²) in [5.41, 5.74) is 16.5. The van der Waals surface area contributed by atoms with E-state index >= 15 is 0 Å². The van der Waals surface area contributed by atoms with Crippen molar-refractivity contribution in [1.29, 1.82) is 0 Å². The third-order valence-electron chi connectivity index (χ3n) is 12.0. The second kappa shape index (κ2) is 18.9. The molecule has 0 fully saturated rings. The highest BCUT2D eigenvalue weighted by atomic mass is 15.2. The lowest BCUT2D eigenvalue weighted by Crippen LogP contribution is -2.22. The van der Waals surface area contributed by atoms with Gasteiger partial charge in [-0.1, -0.05) is 127 Å². The predicted octanol–water partition coefficient (Wildman–Crippen LogP) is 16.7. The summed E-state index contributed by atoms with van der Waals surface area (Å²) >= 11 is 0. The molecule has 8 aromatic carbocycles. The Kier molecular flexibility index (Phi) is 11.8. The molecule has 0 aliphatic heterocycles. The number of hydrogen-bond acceptors (Lipinski definition) is 4. The van der Waals surface area contributed by atoms with Gasteiger partial charge in [-0.3, -0.25) is 0 Å². The summed E-state index contributed by atoms with van der Waals surface area (Å²) in [7, 11) is 0. The highest BCUT2D eigenvalue weighted by Crippen LogP contribution is 2.41. The van der Waals surface area contributed by atoms with Gasteiger partial charge in [0.05, 0.1) is 0 Å². The van der Waals surface area contributed by atoms with Crippen molar-refractivity contribution < 1.29 is 0 Å². The smallest absolute Gasteiger partial charge is 0.0463 e. The maximum atomic E-state index is 2.41. The first-order valence-electron chi connectivity index (χ1n) is 22.3. The van der Waals surface area contributed by atoms with Gasteiger partial charge in [-0.2, -0.15) is 0 Å². The van der Waals surface area contributed by atoms with Crippen molar-refractivity contribution in [2.24, 2.45) is 0 Å². The molecule has 0 heterocycles. The molecule has 0 spiro atoms. The van der Waals surface area contributed by atoms with Gasteiger partial charge < -0.3 is 19.6 Å². The third-order valence-corrected chi connectivity index (χ3v) is 12.0. The summed E-state index contributed by atoms with van der Waals surface area (Å²) in [5, 5.41) is 0. The molecule has 2 aliphatic rings. The average molecular weight is 827 g/mol. The first kappa shape index (κ1) is 40.0. The SMILES string of the molecule is C1=CCCC(N(c2ccc(-c3ccc(N(C4=CC=C(N(c5ccccc5)c5ccccc5)CC4)c4ccccc4)cc3)cc2)c2ccc(N(c3ccccc3)c3ccccc3)cc2)=C1. The molecule has 310 valence electrons. The van der Waals surface area contributed by atoms with Crippen molar-refractivity contribution >= 4 is 51.2 Å². The van der Waals surface area contributed by atoms with Crippen LogP contribution >= 0.6 is 0 Å². The van der Waals surface area contributed by atoms with E-state index in [2.05, 4.69) is 274 Å². The number of hydrogen-bond donors (Lipinski definition) is 0. The molecule has 0 saturated carbocycles. The van der Waals surface area contributed by atoms with Crippen LogP contribution in [0.15, 0.2) is 272 Å². The van der Waals surface area contributed by atoms with Crippen LogP contribution in [0.3, 0.4) is 0 Å². The van der Waals surface area contributed by atoms with Gasteiger partial charge in [-0.25, -0.2) is 0 Å². The Bertz CT molecular complexity index is 2760. The van der Waals surface area contributed by atoms with Crippen LogP contribution in [-0.4, -0.2) is 0 Å². The summed E-state index contributed by atoms with van der Waals surface area (Å²) in [4.78, 5) is 9.50. The quantitative estimate of drug-likeness (QED) is 0.115. The van der Waals surface area contributed by atoms with E-state index in [4.69, 9.17) is 0 Å². The van der Waals surface area contributed by atoms with Gasteiger partial charge >= 0.3 is 0 Å². The first-order valence-corrected chi connectivity index (χ1v) is 22.3. The van der Waals surface area contributed by atoms with Gasteiger partial charge in [0, 0.05) is 68.3 Å². The van der Waals surface area contributed by atoms with E-state index in [9.17, 15) is 0 Å². The van der Waals surface area contributed by atoms with Crippen molar-refractivity contribution in [3.63, 3.8) is 0 Å². The monoisotopic (exact) mass is 826 g/mol. The molecule has 0 amide bonds. The van der Waals surface area contributed by atoms with Crippen molar-refractivity contribution in [2.45, 2.75) is 25.7 Å². The number of benzene rings is 8. The minimum atomic E-state index is 0.907. The minimum absolute atomic E-state index is 0.907. The highest BCUT2D eigenvalue weighted by Gasteiger charge is 2.22.